The highest BCUT2D eigenvalue weighted by atomic mass is 79.9. The lowest BCUT2D eigenvalue weighted by atomic mass is 9.86. The first kappa shape index (κ1) is 16.1. The summed E-state index contributed by atoms with van der Waals surface area (Å²) in [6.45, 7) is 0. The number of ether oxygens (including phenoxy) is 2. The largest absolute Gasteiger partial charge is 0.497 e. The van der Waals surface area contributed by atoms with Gasteiger partial charge in [-0.2, -0.15) is 0 Å². The van der Waals surface area contributed by atoms with Gasteiger partial charge in [0.25, 0.3) is 5.91 Å². The van der Waals surface area contributed by atoms with E-state index in [2.05, 4.69) is 21.2 Å². The van der Waals surface area contributed by atoms with E-state index in [-0.39, 0.29) is 11.9 Å². The predicted molar refractivity (Wildman–Crippen MR) is 86.6 cm³/mol. The van der Waals surface area contributed by atoms with Crippen LogP contribution in [-0.4, -0.2) is 31.5 Å². The number of carbonyl (C=O) groups excluding carboxylic acids is 1. The number of alkyl halides is 1. The van der Waals surface area contributed by atoms with E-state index in [0.717, 1.165) is 18.2 Å². The van der Waals surface area contributed by atoms with Crippen LogP contribution in [0, 0.1) is 5.92 Å². The Morgan fingerprint density at radius 3 is 2.71 bits per heavy atom. The number of hydrogen-bond acceptors (Lipinski definition) is 3. The number of carbonyl (C=O) groups is 1. The lowest BCUT2D eigenvalue weighted by Crippen LogP contribution is -2.42. The van der Waals surface area contributed by atoms with E-state index in [1.165, 1.54) is 12.8 Å². The molecule has 116 valence electrons. The molecule has 4 nitrogen and oxygen atoms in total. The van der Waals surface area contributed by atoms with Crippen molar-refractivity contribution in [3.05, 3.63) is 23.8 Å². The van der Waals surface area contributed by atoms with Crippen LogP contribution >= 0.6 is 15.9 Å². The molecule has 1 fully saturated rings. The van der Waals surface area contributed by atoms with Crippen molar-refractivity contribution in [1.82, 2.24) is 5.32 Å². The van der Waals surface area contributed by atoms with Crippen molar-refractivity contribution in [2.24, 2.45) is 5.92 Å². The highest BCUT2D eigenvalue weighted by molar-refractivity contribution is 9.09. The Balaban J connectivity index is 2.15. The molecule has 1 aliphatic rings. The molecule has 1 aromatic rings. The molecular weight excluding hydrogens is 334 g/mol. The third-order valence-corrected chi connectivity index (χ3v) is 4.91. The SMILES string of the molecule is COc1ccc(OC)c(C(=O)NC2CCCCC2CBr)c1. The molecule has 2 unspecified atom stereocenters. The number of benzene rings is 1. The van der Waals surface area contributed by atoms with Gasteiger partial charge in [0, 0.05) is 11.4 Å². The van der Waals surface area contributed by atoms with Gasteiger partial charge in [-0.1, -0.05) is 28.8 Å². The summed E-state index contributed by atoms with van der Waals surface area (Å²) in [5, 5.41) is 4.08. The third-order valence-electron chi connectivity index (χ3n) is 4.08. The number of nitrogens with one attached hydrogen (secondary N) is 1. The minimum Gasteiger partial charge on any atom is -0.497 e. The van der Waals surface area contributed by atoms with Crippen molar-refractivity contribution < 1.29 is 14.3 Å². The maximum atomic E-state index is 12.6. The summed E-state index contributed by atoms with van der Waals surface area (Å²) in [5.41, 5.74) is 0.524. The Morgan fingerprint density at radius 2 is 2.05 bits per heavy atom. The first-order valence-corrected chi connectivity index (χ1v) is 8.40. The average molecular weight is 356 g/mol. The molecule has 21 heavy (non-hydrogen) atoms. The van der Waals surface area contributed by atoms with Crippen molar-refractivity contribution in [3.8, 4) is 11.5 Å². The molecule has 0 radical (unpaired) electrons. The number of methoxy groups -OCH3 is 2. The lowest BCUT2D eigenvalue weighted by Gasteiger charge is -2.31. The van der Waals surface area contributed by atoms with E-state index < -0.39 is 0 Å². The second-order valence-electron chi connectivity index (χ2n) is 5.35. The minimum absolute atomic E-state index is 0.0939. The van der Waals surface area contributed by atoms with Crippen molar-refractivity contribution in [2.45, 2.75) is 31.7 Å². The third kappa shape index (κ3) is 3.90. The molecule has 0 spiro atoms. The summed E-state index contributed by atoms with van der Waals surface area (Å²) in [5.74, 6) is 1.63. The van der Waals surface area contributed by atoms with E-state index in [1.54, 1.807) is 32.4 Å². The quantitative estimate of drug-likeness (QED) is 0.823. The molecule has 1 amide bonds. The second kappa shape index (κ2) is 7.69. The van der Waals surface area contributed by atoms with Crippen LogP contribution in [0.3, 0.4) is 0 Å². The second-order valence-corrected chi connectivity index (χ2v) is 5.99. The molecule has 0 aliphatic heterocycles. The molecule has 5 heteroatoms. The van der Waals surface area contributed by atoms with Crippen LogP contribution in [0.2, 0.25) is 0 Å². The van der Waals surface area contributed by atoms with E-state index in [4.69, 9.17) is 9.47 Å². The molecule has 2 rings (SSSR count). The molecule has 1 saturated carbocycles. The van der Waals surface area contributed by atoms with Crippen LogP contribution in [0.5, 0.6) is 11.5 Å². The van der Waals surface area contributed by atoms with Gasteiger partial charge in [0.2, 0.25) is 0 Å². The minimum atomic E-state index is -0.0939. The fraction of sp³-hybridized carbons (Fsp3) is 0.562. The molecule has 0 aromatic heterocycles. The smallest absolute Gasteiger partial charge is 0.255 e. The van der Waals surface area contributed by atoms with Crippen LogP contribution in [0.25, 0.3) is 0 Å². The number of rotatable bonds is 5. The van der Waals surface area contributed by atoms with Crippen LogP contribution < -0.4 is 14.8 Å². The lowest BCUT2D eigenvalue weighted by molar-refractivity contribution is 0.0908. The van der Waals surface area contributed by atoms with E-state index in [1.807, 2.05) is 0 Å². The van der Waals surface area contributed by atoms with Crippen molar-refractivity contribution >= 4 is 21.8 Å². The van der Waals surface area contributed by atoms with Crippen LogP contribution in [0.4, 0.5) is 0 Å². The highest BCUT2D eigenvalue weighted by Gasteiger charge is 2.26. The van der Waals surface area contributed by atoms with Gasteiger partial charge in [-0.15, -0.1) is 0 Å². The fourth-order valence-corrected chi connectivity index (χ4v) is 3.60. The Bertz CT molecular complexity index is 492. The normalized spacial score (nSPS) is 21.7. The van der Waals surface area contributed by atoms with Gasteiger partial charge in [0.1, 0.15) is 11.5 Å². The Hall–Kier alpha value is -1.23. The molecule has 1 aliphatic carbocycles. The molecule has 0 bridgehead atoms. The van der Waals surface area contributed by atoms with Gasteiger partial charge in [0.05, 0.1) is 19.8 Å². The van der Waals surface area contributed by atoms with Crippen molar-refractivity contribution in [2.75, 3.05) is 19.5 Å². The molecule has 2 atom stereocenters. The molecule has 1 N–H and O–H groups in total. The van der Waals surface area contributed by atoms with Crippen molar-refractivity contribution in [1.29, 1.82) is 0 Å². The zero-order valence-electron chi connectivity index (χ0n) is 12.5. The molecular formula is C16H22BrNO3. The van der Waals surface area contributed by atoms with Crippen LogP contribution in [0.1, 0.15) is 36.0 Å². The maximum absolute atomic E-state index is 12.6. The zero-order chi connectivity index (χ0) is 15.2. The standard InChI is InChI=1S/C16H22BrNO3/c1-20-12-7-8-15(21-2)13(9-12)16(19)18-14-6-4-3-5-11(14)10-17/h7-9,11,14H,3-6,10H2,1-2H3,(H,18,19). The zero-order valence-corrected chi connectivity index (χ0v) is 14.1. The van der Waals surface area contributed by atoms with Gasteiger partial charge in [-0.3, -0.25) is 4.79 Å². The number of amides is 1. The van der Waals surface area contributed by atoms with E-state index >= 15 is 0 Å². The Morgan fingerprint density at radius 1 is 1.29 bits per heavy atom. The van der Waals surface area contributed by atoms with Gasteiger partial charge >= 0.3 is 0 Å². The first-order chi connectivity index (χ1) is 10.2. The molecule has 1 aromatic carbocycles. The fourth-order valence-electron chi connectivity index (χ4n) is 2.82. The van der Waals surface area contributed by atoms with Gasteiger partial charge in [-0.25, -0.2) is 0 Å². The first-order valence-electron chi connectivity index (χ1n) is 7.28. The monoisotopic (exact) mass is 355 g/mol. The van der Waals surface area contributed by atoms with Gasteiger partial charge in [-0.05, 0) is 37.0 Å². The summed E-state index contributed by atoms with van der Waals surface area (Å²) in [6.07, 6.45) is 4.61. The van der Waals surface area contributed by atoms with E-state index in [9.17, 15) is 4.79 Å². The maximum Gasteiger partial charge on any atom is 0.255 e. The predicted octanol–water partition coefficient (Wildman–Crippen LogP) is 3.39. The number of hydrogen-bond donors (Lipinski definition) is 1. The average Bonchev–Trinajstić information content (AvgIpc) is 2.54. The summed E-state index contributed by atoms with van der Waals surface area (Å²) < 4.78 is 10.5. The van der Waals surface area contributed by atoms with Crippen LogP contribution in [0.15, 0.2) is 18.2 Å². The van der Waals surface area contributed by atoms with Crippen LogP contribution in [-0.2, 0) is 0 Å². The van der Waals surface area contributed by atoms with Gasteiger partial charge < -0.3 is 14.8 Å². The highest BCUT2D eigenvalue weighted by Crippen LogP contribution is 2.28. The summed E-state index contributed by atoms with van der Waals surface area (Å²) in [6, 6.07) is 5.50. The van der Waals surface area contributed by atoms with Crippen molar-refractivity contribution in [3.63, 3.8) is 0 Å². The summed E-state index contributed by atoms with van der Waals surface area (Å²) in [4.78, 5) is 12.6. The number of halogens is 1. The van der Waals surface area contributed by atoms with E-state index in [0.29, 0.717) is 23.0 Å². The van der Waals surface area contributed by atoms with Gasteiger partial charge in [0.15, 0.2) is 0 Å². The topological polar surface area (TPSA) is 47.6 Å². The summed E-state index contributed by atoms with van der Waals surface area (Å²) >= 11 is 3.55. The Labute approximate surface area is 134 Å². The summed E-state index contributed by atoms with van der Waals surface area (Å²) in [7, 11) is 3.16. The molecule has 0 saturated heterocycles. The molecule has 0 heterocycles. The Kier molecular flexibility index (Phi) is 5.91.